The minimum Gasteiger partial charge on any atom is -0.393 e. The lowest BCUT2D eigenvalue weighted by Crippen LogP contribution is -2.57. The third-order valence-electron chi connectivity index (χ3n) is 6.63. The highest BCUT2D eigenvalue weighted by Gasteiger charge is 2.57. The van der Waals surface area contributed by atoms with E-state index in [9.17, 15) is 10.2 Å². The van der Waals surface area contributed by atoms with Crippen molar-refractivity contribution in [3.8, 4) is 0 Å². The van der Waals surface area contributed by atoms with E-state index in [1.54, 1.807) is 0 Å². The number of aliphatic hydroxyl groups is 2. The third-order valence-corrected chi connectivity index (χ3v) is 6.63. The minimum absolute atomic E-state index is 0.235. The van der Waals surface area contributed by atoms with Crippen molar-refractivity contribution in [3.63, 3.8) is 0 Å². The van der Waals surface area contributed by atoms with Gasteiger partial charge in [0.1, 0.15) is 0 Å². The van der Waals surface area contributed by atoms with Crippen LogP contribution in [0.25, 0.3) is 0 Å². The number of rotatable bonds is 3. The molecule has 118 valence electrons. The smallest absolute Gasteiger partial charge is 0.0653 e. The predicted octanol–water partition coefficient (Wildman–Crippen LogP) is 4.14. The van der Waals surface area contributed by atoms with Crippen LogP contribution < -0.4 is 0 Å². The lowest BCUT2D eigenvalue weighted by Gasteiger charge is -2.61. The van der Waals surface area contributed by atoms with Crippen molar-refractivity contribution >= 4 is 0 Å². The minimum atomic E-state index is -0.562. The van der Waals surface area contributed by atoms with E-state index in [2.05, 4.69) is 20.8 Å². The van der Waals surface area contributed by atoms with Gasteiger partial charge in [-0.3, -0.25) is 0 Å². The Kier molecular flexibility index (Phi) is 4.30. The topological polar surface area (TPSA) is 40.5 Å². The van der Waals surface area contributed by atoms with Gasteiger partial charge in [-0.1, -0.05) is 27.2 Å². The van der Waals surface area contributed by atoms with Crippen LogP contribution in [0.3, 0.4) is 0 Å². The summed E-state index contributed by atoms with van der Waals surface area (Å²) in [5, 5.41) is 20.6. The summed E-state index contributed by atoms with van der Waals surface area (Å²) >= 11 is 0. The molecule has 2 aliphatic rings. The predicted molar refractivity (Wildman–Crippen MR) is 83.5 cm³/mol. The van der Waals surface area contributed by atoms with E-state index >= 15 is 0 Å². The van der Waals surface area contributed by atoms with Crippen LogP contribution in [-0.2, 0) is 0 Å². The van der Waals surface area contributed by atoms with Crippen molar-refractivity contribution in [2.45, 2.75) is 91.3 Å². The molecule has 0 heterocycles. The summed E-state index contributed by atoms with van der Waals surface area (Å²) in [6.45, 7) is 11.1. The normalized spacial score (nSPS) is 45.8. The quantitative estimate of drug-likeness (QED) is 0.816. The zero-order chi connectivity index (χ0) is 15.2. The molecule has 2 aliphatic carbocycles. The van der Waals surface area contributed by atoms with Crippen LogP contribution in [0.2, 0.25) is 0 Å². The van der Waals surface area contributed by atoms with Crippen LogP contribution in [0.1, 0.15) is 79.6 Å². The molecule has 0 bridgehead atoms. The van der Waals surface area contributed by atoms with Crippen LogP contribution >= 0.6 is 0 Å². The van der Waals surface area contributed by atoms with E-state index in [4.69, 9.17) is 0 Å². The van der Waals surface area contributed by atoms with Crippen LogP contribution in [0, 0.1) is 22.7 Å². The molecule has 2 saturated carbocycles. The first-order chi connectivity index (χ1) is 9.09. The van der Waals surface area contributed by atoms with Gasteiger partial charge in [0, 0.05) is 0 Å². The fraction of sp³-hybridized carbons (Fsp3) is 1.00. The van der Waals surface area contributed by atoms with E-state index in [-0.39, 0.29) is 11.5 Å². The summed E-state index contributed by atoms with van der Waals surface area (Å²) in [5.41, 5.74) is 0.0680. The highest BCUT2D eigenvalue weighted by atomic mass is 16.3. The van der Waals surface area contributed by atoms with Crippen molar-refractivity contribution in [1.82, 2.24) is 0 Å². The third kappa shape index (κ3) is 2.78. The summed E-state index contributed by atoms with van der Waals surface area (Å²) in [4.78, 5) is 0. The van der Waals surface area contributed by atoms with E-state index in [1.807, 2.05) is 13.8 Å². The van der Waals surface area contributed by atoms with E-state index in [0.29, 0.717) is 17.3 Å². The zero-order valence-corrected chi connectivity index (χ0v) is 14.1. The standard InChI is InChI=1S/C18H34O2/c1-13(19)7-8-15-17(4)11-6-10-16(2,3)14(17)9-12-18(15,5)20/h13-15,19-20H,6-12H2,1-5H3/t13?,14?,15?,17-,18+/m1/s1. The lowest BCUT2D eigenvalue weighted by atomic mass is 9.45. The Balaban J connectivity index is 2.28. The maximum Gasteiger partial charge on any atom is 0.0653 e. The second kappa shape index (κ2) is 5.28. The molecule has 0 amide bonds. The molecule has 0 saturated heterocycles. The summed E-state index contributed by atoms with van der Waals surface area (Å²) in [7, 11) is 0. The summed E-state index contributed by atoms with van der Waals surface area (Å²) < 4.78 is 0. The fourth-order valence-corrected chi connectivity index (χ4v) is 5.67. The van der Waals surface area contributed by atoms with Crippen LogP contribution in [-0.4, -0.2) is 21.9 Å². The van der Waals surface area contributed by atoms with Gasteiger partial charge in [0.25, 0.3) is 0 Å². The number of fused-ring (bicyclic) bond motifs is 1. The first-order valence-electron chi connectivity index (χ1n) is 8.50. The Morgan fingerprint density at radius 3 is 2.35 bits per heavy atom. The highest BCUT2D eigenvalue weighted by molar-refractivity contribution is 5.07. The fourth-order valence-electron chi connectivity index (χ4n) is 5.67. The Morgan fingerprint density at radius 1 is 1.10 bits per heavy atom. The molecular formula is C18H34O2. The van der Waals surface area contributed by atoms with Gasteiger partial charge in [-0.2, -0.15) is 0 Å². The lowest BCUT2D eigenvalue weighted by molar-refractivity contribution is -0.170. The first kappa shape index (κ1) is 16.3. The Bertz CT molecular complexity index is 345. The number of aliphatic hydroxyl groups excluding tert-OH is 1. The van der Waals surface area contributed by atoms with Crippen molar-refractivity contribution in [1.29, 1.82) is 0 Å². The molecule has 20 heavy (non-hydrogen) atoms. The number of hydrogen-bond donors (Lipinski definition) is 2. The largest absolute Gasteiger partial charge is 0.393 e. The maximum atomic E-state index is 10.9. The Hall–Kier alpha value is -0.0800. The molecule has 2 rings (SSSR count). The SMILES string of the molecule is CC(O)CCC1[C@]2(C)CCCC(C)(C)C2CC[C@]1(C)O. The molecule has 0 radical (unpaired) electrons. The molecule has 0 aliphatic heterocycles. The Labute approximate surface area is 125 Å². The molecule has 0 aromatic carbocycles. The van der Waals surface area contributed by atoms with E-state index < -0.39 is 5.60 Å². The number of hydrogen-bond acceptors (Lipinski definition) is 2. The van der Waals surface area contributed by atoms with E-state index in [1.165, 1.54) is 19.3 Å². The van der Waals surface area contributed by atoms with Gasteiger partial charge in [-0.05, 0) is 75.0 Å². The molecule has 5 atom stereocenters. The van der Waals surface area contributed by atoms with Crippen LogP contribution in [0.5, 0.6) is 0 Å². The molecule has 2 nitrogen and oxygen atoms in total. The van der Waals surface area contributed by atoms with Gasteiger partial charge in [0.2, 0.25) is 0 Å². The second-order valence-electron chi connectivity index (χ2n) is 8.78. The first-order valence-corrected chi connectivity index (χ1v) is 8.50. The van der Waals surface area contributed by atoms with Crippen LogP contribution in [0.15, 0.2) is 0 Å². The summed E-state index contributed by atoms with van der Waals surface area (Å²) in [6, 6.07) is 0. The molecule has 2 fully saturated rings. The van der Waals surface area contributed by atoms with Gasteiger partial charge < -0.3 is 10.2 Å². The average Bonchev–Trinajstić information content (AvgIpc) is 2.25. The zero-order valence-electron chi connectivity index (χ0n) is 14.1. The van der Waals surface area contributed by atoms with Crippen molar-refractivity contribution in [2.75, 3.05) is 0 Å². The average molecular weight is 282 g/mol. The summed E-state index contributed by atoms with van der Waals surface area (Å²) in [6.07, 6.45) is 7.41. The van der Waals surface area contributed by atoms with E-state index in [0.717, 1.165) is 25.7 Å². The molecule has 0 aromatic heterocycles. The van der Waals surface area contributed by atoms with Gasteiger partial charge in [-0.15, -0.1) is 0 Å². The maximum absolute atomic E-state index is 10.9. The van der Waals surface area contributed by atoms with Crippen molar-refractivity contribution in [3.05, 3.63) is 0 Å². The molecule has 2 heteroatoms. The van der Waals surface area contributed by atoms with Crippen molar-refractivity contribution < 1.29 is 10.2 Å². The van der Waals surface area contributed by atoms with Crippen molar-refractivity contribution in [2.24, 2.45) is 22.7 Å². The van der Waals surface area contributed by atoms with Gasteiger partial charge in [-0.25, -0.2) is 0 Å². The van der Waals surface area contributed by atoms with Crippen LogP contribution in [0.4, 0.5) is 0 Å². The van der Waals surface area contributed by atoms with Gasteiger partial charge >= 0.3 is 0 Å². The van der Waals surface area contributed by atoms with Gasteiger partial charge in [0.15, 0.2) is 0 Å². The Morgan fingerprint density at radius 2 is 1.75 bits per heavy atom. The second-order valence-corrected chi connectivity index (χ2v) is 8.78. The molecule has 2 N–H and O–H groups in total. The molecular weight excluding hydrogens is 248 g/mol. The van der Waals surface area contributed by atoms with Gasteiger partial charge in [0.05, 0.1) is 11.7 Å². The summed E-state index contributed by atoms with van der Waals surface area (Å²) in [5.74, 6) is 1.03. The molecule has 0 aromatic rings. The molecule has 0 spiro atoms. The monoisotopic (exact) mass is 282 g/mol. The molecule has 3 unspecified atom stereocenters. The highest BCUT2D eigenvalue weighted by Crippen LogP contribution is 2.62.